The summed E-state index contributed by atoms with van der Waals surface area (Å²) in [4.78, 5) is 24.7. The summed E-state index contributed by atoms with van der Waals surface area (Å²) in [5.74, 6) is -0.0666. The minimum Gasteiger partial charge on any atom is -0.478 e. The summed E-state index contributed by atoms with van der Waals surface area (Å²) in [6.07, 6.45) is 0. The van der Waals surface area contributed by atoms with Crippen molar-refractivity contribution in [2.75, 3.05) is 24.2 Å². The third-order valence-corrected chi connectivity index (χ3v) is 4.03. The average Bonchev–Trinajstić information content (AvgIpc) is 2.39. The maximum atomic E-state index is 12.1. The number of hydrogen-bond donors (Lipinski definition) is 2. The standard InChI is InChI=1S/C13H16N2O3S/c1-9-8-15(5-6-19-9)13(18)14-11-4-2-3-10(7-11)12(16)17/h2-4,7,9H,5-6,8H2,1H3,(H,14,18)(H,16,17). The molecule has 0 saturated carbocycles. The number of nitrogens with zero attached hydrogens (tertiary/aromatic N) is 1. The van der Waals surface area contributed by atoms with Gasteiger partial charge in [-0.05, 0) is 18.2 Å². The number of nitrogens with one attached hydrogen (secondary N) is 1. The lowest BCUT2D eigenvalue weighted by molar-refractivity contribution is 0.0697. The summed E-state index contributed by atoms with van der Waals surface area (Å²) in [5, 5.41) is 12.1. The molecule has 0 radical (unpaired) electrons. The van der Waals surface area contributed by atoms with Crippen LogP contribution >= 0.6 is 11.8 Å². The van der Waals surface area contributed by atoms with Gasteiger partial charge in [-0.1, -0.05) is 13.0 Å². The number of rotatable bonds is 2. The van der Waals surface area contributed by atoms with E-state index in [2.05, 4.69) is 12.2 Å². The molecule has 0 aromatic heterocycles. The molecule has 1 aromatic carbocycles. The maximum absolute atomic E-state index is 12.1. The van der Waals surface area contributed by atoms with Gasteiger partial charge in [-0.3, -0.25) is 0 Å². The predicted molar refractivity (Wildman–Crippen MR) is 75.9 cm³/mol. The predicted octanol–water partition coefficient (Wildman–Crippen LogP) is 2.35. The van der Waals surface area contributed by atoms with Gasteiger partial charge in [0.1, 0.15) is 0 Å². The van der Waals surface area contributed by atoms with Crippen LogP contribution in [-0.4, -0.2) is 46.1 Å². The van der Waals surface area contributed by atoms with Crippen molar-refractivity contribution >= 4 is 29.4 Å². The Morgan fingerprint density at radius 2 is 2.26 bits per heavy atom. The molecule has 1 unspecified atom stereocenters. The molecular formula is C13H16N2O3S. The minimum atomic E-state index is -1.00. The first-order valence-corrected chi connectivity index (χ1v) is 7.12. The van der Waals surface area contributed by atoms with Crippen molar-refractivity contribution in [2.24, 2.45) is 0 Å². The summed E-state index contributed by atoms with van der Waals surface area (Å²) < 4.78 is 0. The van der Waals surface area contributed by atoms with Crippen LogP contribution < -0.4 is 5.32 Å². The van der Waals surface area contributed by atoms with Gasteiger partial charge in [0, 0.05) is 29.8 Å². The molecule has 5 nitrogen and oxygen atoms in total. The van der Waals surface area contributed by atoms with E-state index >= 15 is 0 Å². The van der Waals surface area contributed by atoms with Crippen LogP contribution in [0.2, 0.25) is 0 Å². The molecule has 2 N–H and O–H groups in total. The molecule has 1 aliphatic heterocycles. The fourth-order valence-corrected chi connectivity index (χ4v) is 2.95. The van der Waals surface area contributed by atoms with Gasteiger partial charge >= 0.3 is 12.0 Å². The monoisotopic (exact) mass is 280 g/mol. The Morgan fingerprint density at radius 1 is 1.47 bits per heavy atom. The molecule has 1 aliphatic rings. The quantitative estimate of drug-likeness (QED) is 0.872. The number of benzene rings is 1. The highest BCUT2D eigenvalue weighted by Crippen LogP contribution is 2.19. The Morgan fingerprint density at radius 3 is 2.95 bits per heavy atom. The maximum Gasteiger partial charge on any atom is 0.335 e. The van der Waals surface area contributed by atoms with E-state index in [0.29, 0.717) is 10.9 Å². The molecule has 19 heavy (non-hydrogen) atoms. The number of carbonyl (C=O) groups excluding carboxylic acids is 1. The van der Waals surface area contributed by atoms with E-state index in [1.54, 1.807) is 17.0 Å². The molecule has 6 heteroatoms. The van der Waals surface area contributed by atoms with Crippen molar-refractivity contribution in [3.05, 3.63) is 29.8 Å². The van der Waals surface area contributed by atoms with Crippen LogP contribution in [0, 0.1) is 0 Å². The van der Waals surface area contributed by atoms with Crippen LogP contribution in [-0.2, 0) is 0 Å². The molecule has 1 saturated heterocycles. The zero-order valence-electron chi connectivity index (χ0n) is 10.6. The largest absolute Gasteiger partial charge is 0.478 e. The van der Waals surface area contributed by atoms with Gasteiger partial charge in [0.2, 0.25) is 0 Å². The van der Waals surface area contributed by atoms with Crippen molar-refractivity contribution in [1.82, 2.24) is 4.90 Å². The molecule has 1 heterocycles. The number of urea groups is 1. The van der Waals surface area contributed by atoms with E-state index in [9.17, 15) is 9.59 Å². The Kier molecular flexibility index (Phi) is 4.31. The molecule has 2 amide bonds. The number of thioether (sulfide) groups is 1. The Bertz CT molecular complexity index is 493. The van der Waals surface area contributed by atoms with Crippen molar-refractivity contribution in [3.8, 4) is 0 Å². The van der Waals surface area contributed by atoms with Crippen LogP contribution in [0.1, 0.15) is 17.3 Å². The first-order valence-electron chi connectivity index (χ1n) is 6.07. The second-order valence-corrected chi connectivity index (χ2v) is 5.99. The highest BCUT2D eigenvalue weighted by Gasteiger charge is 2.21. The van der Waals surface area contributed by atoms with Crippen molar-refractivity contribution in [1.29, 1.82) is 0 Å². The van der Waals surface area contributed by atoms with E-state index in [1.165, 1.54) is 12.1 Å². The third-order valence-electron chi connectivity index (χ3n) is 2.89. The molecule has 102 valence electrons. The third kappa shape index (κ3) is 3.64. The molecular weight excluding hydrogens is 264 g/mol. The summed E-state index contributed by atoms with van der Waals surface area (Å²) >= 11 is 1.85. The number of carboxylic acids is 1. The van der Waals surface area contributed by atoms with Crippen LogP contribution in [0.5, 0.6) is 0 Å². The number of carbonyl (C=O) groups is 2. The number of carboxylic acid groups (broad SMARTS) is 1. The second kappa shape index (κ2) is 5.97. The van der Waals surface area contributed by atoms with Crippen molar-refractivity contribution < 1.29 is 14.7 Å². The molecule has 1 aromatic rings. The zero-order chi connectivity index (χ0) is 13.8. The van der Waals surface area contributed by atoms with E-state index in [4.69, 9.17) is 5.11 Å². The topological polar surface area (TPSA) is 69.6 Å². The summed E-state index contributed by atoms with van der Waals surface area (Å²) in [6, 6.07) is 6.09. The van der Waals surface area contributed by atoms with E-state index in [1.807, 2.05) is 11.8 Å². The normalized spacial score (nSPS) is 19.0. The SMILES string of the molecule is CC1CN(C(=O)Nc2cccc(C(=O)O)c2)CCS1. The molecule has 1 atom stereocenters. The minimum absolute atomic E-state index is 0.167. The van der Waals surface area contributed by atoms with E-state index < -0.39 is 5.97 Å². The second-order valence-electron chi connectivity index (χ2n) is 4.44. The van der Waals surface area contributed by atoms with Crippen LogP contribution in [0.15, 0.2) is 24.3 Å². The highest BCUT2D eigenvalue weighted by molar-refractivity contribution is 7.99. The number of hydrogen-bond acceptors (Lipinski definition) is 3. The summed E-state index contributed by atoms with van der Waals surface area (Å²) in [6.45, 7) is 3.53. The smallest absolute Gasteiger partial charge is 0.335 e. The molecule has 0 aliphatic carbocycles. The number of anilines is 1. The number of amides is 2. The van der Waals surface area contributed by atoms with Gasteiger partial charge in [-0.25, -0.2) is 9.59 Å². The fourth-order valence-electron chi connectivity index (χ4n) is 1.94. The fraction of sp³-hybridized carbons (Fsp3) is 0.385. The van der Waals surface area contributed by atoms with Gasteiger partial charge in [0.15, 0.2) is 0 Å². The van der Waals surface area contributed by atoms with Crippen molar-refractivity contribution in [2.45, 2.75) is 12.2 Å². The van der Waals surface area contributed by atoms with Crippen LogP contribution in [0.3, 0.4) is 0 Å². The van der Waals surface area contributed by atoms with Crippen LogP contribution in [0.4, 0.5) is 10.5 Å². The Hall–Kier alpha value is -1.69. The lowest BCUT2D eigenvalue weighted by Gasteiger charge is -2.30. The highest BCUT2D eigenvalue weighted by atomic mass is 32.2. The van der Waals surface area contributed by atoms with E-state index in [0.717, 1.165) is 18.8 Å². The zero-order valence-corrected chi connectivity index (χ0v) is 11.4. The lowest BCUT2D eigenvalue weighted by atomic mass is 10.2. The molecule has 0 spiro atoms. The van der Waals surface area contributed by atoms with Gasteiger partial charge in [-0.15, -0.1) is 0 Å². The van der Waals surface area contributed by atoms with Gasteiger partial charge in [0.25, 0.3) is 0 Å². The van der Waals surface area contributed by atoms with E-state index in [-0.39, 0.29) is 11.6 Å². The molecule has 2 rings (SSSR count). The first-order chi connectivity index (χ1) is 9.06. The summed E-state index contributed by atoms with van der Waals surface area (Å²) in [5.41, 5.74) is 0.677. The lowest BCUT2D eigenvalue weighted by Crippen LogP contribution is -2.43. The van der Waals surface area contributed by atoms with Crippen molar-refractivity contribution in [3.63, 3.8) is 0 Å². The molecule has 0 bridgehead atoms. The number of aromatic carboxylic acids is 1. The molecule has 1 fully saturated rings. The van der Waals surface area contributed by atoms with Gasteiger partial charge < -0.3 is 15.3 Å². The summed E-state index contributed by atoms with van der Waals surface area (Å²) in [7, 11) is 0. The Balaban J connectivity index is 2.02. The first kappa shape index (κ1) is 13.7. The average molecular weight is 280 g/mol. The van der Waals surface area contributed by atoms with Crippen LogP contribution in [0.25, 0.3) is 0 Å². The van der Waals surface area contributed by atoms with Gasteiger partial charge in [-0.2, -0.15) is 11.8 Å². The Labute approximate surface area is 116 Å². The van der Waals surface area contributed by atoms with Gasteiger partial charge in [0.05, 0.1) is 5.56 Å².